The van der Waals surface area contributed by atoms with E-state index >= 15 is 0 Å². The third-order valence-electron chi connectivity index (χ3n) is 8.77. The molecule has 0 atom stereocenters. The molecule has 2 heterocycles. The summed E-state index contributed by atoms with van der Waals surface area (Å²) in [4.78, 5) is 36.1. The maximum atomic E-state index is 14.5. The molecule has 246 valence electrons. The number of carbonyl (C=O) groups is 2. The molecule has 0 N–H and O–H groups in total. The van der Waals surface area contributed by atoms with Crippen molar-refractivity contribution in [3.63, 3.8) is 0 Å². The first kappa shape index (κ1) is 33.7. The molecule has 0 saturated carbocycles. The van der Waals surface area contributed by atoms with Gasteiger partial charge in [-0.25, -0.2) is 0 Å². The Morgan fingerprint density at radius 1 is 0.830 bits per heavy atom. The third-order valence-corrected chi connectivity index (χ3v) is 8.77. The molecule has 7 nitrogen and oxygen atoms in total. The normalized spacial score (nSPS) is 14.4. The van der Waals surface area contributed by atoms with Crippen LogP contribution in [0.2, 0.25) is 0 Å². The van der Waals surface area contributed by atoms with Gasteiger partial charge in [-0.15, -0.1) is 0 Å². The Morgan fingerprint density at radius 3 is 2.26 bits per heavy atom. The van der Waals surface area contributed by atoms with Crippen molar-refractivity contribution >= 4 is 17.5 Å². The van der Waals surface area contributed by atoms with Crippen LogP contribution in [0.3, 0.4) is 0 Å². The van der Waals surface area contributed by atoms with Gasteiger partial charge < -0.3 is 19.3 Å². The summed E-state index contributed by atoms with van der Waals surface area (Å²) in [5, 5.41) is 0. The third kappa shape index (κ3) is 8.59. The summed E-state index contributed by atoms with van der Waals surface area (Å²) in [6, 6.07) is 27.6. The minimum Gasteiger partial charge on any atom is -0.497 e. The molecule has 5 rings (SSSR count). The lowest BCUT2D eigenvalue weighted by atomic mass is 9.99. The first-order valence-corrected chi connectivity index (χ1v) is 16.9. The maximum absolute atomic E-state index is 14.5. The molecule has 0 fully saturated rings. The van der Waals surface area contributed by atoms with E-state index in [1.165, 1.54) is 0 Å². The first-order chi connectivity index (χ1) is 22.9. The van der Waals surface area contributed by atoms with Crippen LogP contribution in [-0.2, 0) is 17.9 Å². The maximum Gasteiger partial charge on any atom is 0.256 e. The highest BCUT2D eigenvalue weighted by molar-refractivity contribution is 5.96. The Balaban J connectivity index is 1.49. The number of amides is 2. The zero-order valence-electron chi connectivity index (χ0n) is 28.2. The van der Waals surface area contributed by atoms with Gasteiger partial charge >= 0.3 is 0 Å². The summed E-state index contributed by atoms with van der Waals surface area (Å²) in [6.45, 7) is 7.93. The van der Waals surface area contributed by atoms with Gasteiger partial charge in [-0.3, -0.25) is 14.6 Å². The summed E-state index contributed by atoms with van der Waals surface area (Å²) >= 11 is 0. The molecule has 0 aliphatic carbocycles. The van der Waals surface area contributed by atoms with E-state index in [4.69, 9.17) is 14.5 Å². The number of ether oxygens (including phenoxy) is 2. The van der Waals surface area contributed by atoms with E-state index in [-0.39, 0.29) is 17.7 Å². The molecule has 2 amide bonds. The van der Waals surface area contributed by atoms with Gasteiger partial charge in [0.15, 0.2) is 0 Å². The van der Waals surface area contributed by atoms with Crippen LogP contribution in [0, 0.1) is 0 Å². The number of para-hydroxylation sites is 1. The molecule has 0 bridgehead atoms. The van der Waals surface area contributed by atoms with Crippen LogP contribution in [0.5, 0.6) is 11.5 Å². The van der Waals surface area contributed by atoms with E-state index in [1.54, 1.807) is 14.0 Å². The lowest BCUT2D eigenvalue weighted by Crippen LogP contribution is -2.35. The highest BCUT2D eigenvalue weighted by Gasteiger charge is 2.25. The van der Waals surface area contributed by atoms with Gasteiger partial charge in [-0.2, -0.15) is 0 Å². The van der Waals surface area contributed by atoms with E-state index in [9.17, 15) is 9.59 Å². The predicted octanol–water partition coefficient (Wildman–Crippen LogP) is 8.81. The number of carbonyl (C=O) groups excluding carboxylic acids is 2. The van der Waals surface area contributed by atoms with Crippen molar-refractivity contribution in [2.24, 2.45) is 0 Å². The number of aromatic nitrogens is 1. The second-order valence-electron chi connectivity index (χ2n) is 12.6. The lowest BCUT2D eigenvalue weighted by Gasteiger charge is -2.28. The standard InChI is InChI=1S/C40H47N3O4/c1-29(2)39-34(21-22-36(41-39)35-26-33(46-4)20-23-38(35)47-28-31-16-10-9-11-17-31)40(45)42-24-14-7-5-6-8-15-25-43(30(3)44)37-19-13-12-18-32(37)27-42/h9-13,16-23,26,29H,5-8,14-15,24-25,27-28H2,1-4H3. The van der Waals surface area contributed by atoms with Crippen LogP contribution in [0.15, 0.2) is 84.9 Å². The Kier molecular flexibility index (Phi) is 11.7. The van der Waals surface area contributed by atoms with Crippen molar-refractivity contribution in [3.8, 4) is 22.8 Å². The second-order valence-corrected chi connectivity index (χ2v) is 12.6. The molecule has 0 spiro atoms. The fourth-order valence-corrected chi connectivity index (χ4v) is 6.21. The Hall–Kier alpha value is -4.65. The molecule has 0 radical (unpaired) electrons. The second kappa shape index (κ2) is 16.3. The van der Waals surface area contributed by atoms with Gasteiger partial charge in [0.05, 0.1) is 24.1 Å². The molecular weight excluding hydrogens is 586 g/mol. The highest BCUT2D eigenvalue weighted by atomic mass is 16.5. The van der Waals surface area contributed by atoms with Crippen molar-refractivity contribution in [1.82, 2.24) is 9.88 Å². The van der Waals surface area contributed by atoms with Crippen molar-refractivity contribution in [2.75, 3.05) is 25.1 Å². The number of anilines is 1. The molecule has 7 heteroatoms. The van der Waals surface area contributed by atoms with Crippen LogP contribution >= 0.6 is 0 Å². The van der Waals surface area contributed by atoms with E-state index in [0.29, 0.717) is 43.3 Å². The number of hydrogen-bond acceptors (Lipinski definition) is 5. The Morgan fingerprint density at radius 2 is 1.53 bits per heavy atom. The number of benzene rings is 3. The average molecular weight is 634 g/mol. The highest BCUT2D eigenvalue weighted by Crippen LogP contribution is 2.35. The quantitative estimate of drug-likeness (QED) is 0.203. The minimum absolute atomic E-state index is 0.00430. The Bertz CT molecular complexity index is 1650. The van der Waals surface area contributed by atoms with E-state index in [0.717, 1.165) is 72.3 Å². The first-order valence-electron chi connectivity index (χ1n) is 16.9. The molecule has 1 aliphatic heterocycles. The number of hydrogen-bond donors (Lipinski definition) is 0. The molecule has 0 unspecified atom stereocenters. The molecule has 1 aliphatic rings. The van der Waals surface area contributed by atoms with E-state index in [1.807, 2.05) is 94.7 Å². The van der Waals surface area contributed by atoms with Crippen molar-refractivity contribution in [3.05, 3.63) is 107 Å². The number of rotatable bonds is 7. The van der Waals surface area contributed by atoms with Crippen LogP contribution in [0.1, 0.15) is 92.4 Å². The summed E-state index contributed by atoms with van der Waals surface area (Å²) in [6.07, 6.45) is 6.31. The minimum atomic E-state index is -0.0435. The summed E-state index contributed by atoms with van der Waals surface area (Å²) in [5.41, 5.74) is 5.80. The van der Waals surface area contributed by atoms with Crippen LogP contribution in [0.25, 0.3) is 11.3 Å². The van der Waals surface area contributed by atoms with Gasteiger partial charge in [0.2, 0.25) is 5.91 Å². The van der Waals surface area contributed by atoms with Crippen LogP contribution in [0.4, 0.5) is 5.69 Å². The average Bonchev–Trinajstić information content (AvgIpc) is 3.11. The van der Waals surface area contributed by atoms with Crippen LogP contribution < -0.4 is 14.4 Å². The van der Waals surface area contributed by atoms with Gasteiger partial charge in [-0.05, 0) is 66.3 Å². The number of methoxy groups -OCH3 is 1. The summed E-state index contributed by atoms with van der Waals surface area (Å²) in [7, 11) is 1.64. The molecule has 4 aromatic rings. The van der Waals surface area contributed by atoms with E-state index < -0.39 is 0 Å². The van der Waals surface area contributed by atoms with Crippen LogP contribution in [-0.4, -0.2) is 41.9 Å². The number of nitrogens with zero attached hydrogens (tertiary/aromatic N) is 3. The fourth-order valence-electron chi connectivity index (χ4n) is 6.21. The zero-order chi connectivity index (χ0) is 33.2. The Labute approximate surface area is 279 Å². The van der Waals surface area contributed by atoms with Crippen molar-refractivity contribution in [2.45, 2.75) is 78.4 Å². The molecular formula is C40H47N3O4. The smallest absolute Gasteiger partial charge is 0.256 e. The molecule has 1 aromatic heterocycles. The van der Waals surface area contributed by atoms with Gasteiger partial charge in [-0.1, -0.05) is 88.1 Å². The van der Waals surface area contributed by atoms with Gasteiger partial charge in [0, 0.05) is 37.8 Å². The van der Waals surface area contributed by atoms with E-state index in [2.05, 4.69) is 13.8 Å². The number of fused-ring (bicyclic) bond motifs is 1. The SMILES string of the molecule is COc1ccc(OCc2ccccc2)c(-c2ccc(C(=O)N3CCCCCCCCN(C(C)=O)c4ccccc4C3)c(C(C)C)n2)c1. The zero-order valence-corrected chi connectivity index (χ0v) is 28.2. The monoisotopic (exact) mass is 633 g/mol. The largest absolute Gasteiger partial charge is 0.497 e. The van der Waals surface area contributed by atoms with Gasteiger partial charge in [0.25, 0.3) is 5.91 Å². The predicted molar refractivity (Wildman–Crippen MR) is 188 cm³/mol. The summed E-state index contributed by atoms with van der Waals surface area (Å²) in [5.74, 6) is 1.38. The van der Waals surface area contributed by atoms with Gasteiger partial charge in [0.1, 0.15) is 18.1 Å². The lowest BCUT2D eigenvalue weighted by molar-refractivity contribution is -0.116. The summed E-state index contributed by atoms with van der Waals surface area (Å²) < 4.78 is 11.8. The fraction of sp³-hybridized carbons (Fsp3) is 0.375. The molecule has 3 aromatic carbocycles. The number of pyridine rings is 1. The van der Waals surface area contributed by atoms with Crippen molar-refractivity contribution in [1.29, 1.82) is 0 Å². The van der Waals surface area contributed by atoms with Crippen molar-refractivity contribution < 1.29 is 19.1 Å². The topological polar surface area (TPSA) is 72.0 Å². The molecule has 47 heavy (non-hydrogen) atoms. The molecule has 0 saturated heterocycles.